The summed E-state index contributed by atoms with van der Waals surface area (Å²) >= 11 is 0. The second-order valence-corrected chi connectivity index (χ2v) is 5.30. The van der Waals surface area contributed by atoms with Gasteiger partial charge in [0.2, 0.25) is 5.91 Å². The maximum absolute atomic E-state index is 12.0. The quantitative estimate of drug-likeness (QED) is 0.833. The highest BCUT2D eigenvalue weighted by molar-refractivity contribution is 5.77. The Balaban J connectivity index is 1.88. The van der Waals surface area contributed by atoms with Gasteiger partial charge in [-0.05, 0) is 49.4 Å². The smallest absolute Gasteiger partial charge is 0.221 e. The molecule has 1 aromatic heterocycles. The Morgan fingerprint density at radius 3 is 2.67 bits per heavy atom. The lowest BCUT2D eigenvalue weighted by atomic mass is 9.66. The minimum absolute atomic E-state index is 0.0235. The first-order valence-electron chi connectivity index (χ1n) is 6.55. The highest BCUT2D eigenvalue weighted by Gasteiger charge is 2.37. The standard InChI is InChI=1S/C14H21N3O/c1-11(12-3-7-16-8-4-12)17-13(18)9-14(10-15)5-2-6-14/h3-4,7-8,11H,2,5-6,9-10,15H2,1H3,(H,17,18)/t11-/m1/s1. The Morgan fingerprint density at radius 1 is 1.50 bits per heavy atom. The number of hydrogen-bond donors (Lipinski definition) is 2. The van der Waals surface area contributed by atoms with Crippen molar-refractivity contribution in [2.45, 2.75) is 38.6 Å². The van der Waals surface area contributed by atoms with Crippen LogP contribution in [-0.4, -0.2) is 17.4 Å². The SMILES string of the molecule is C[C@@H](NC(=O)CC1(CN)CCC1)c1ccncc1. The van der Waals surface area contributed by atoms with Gasteiger partial charge in [0.15, 0.2) is 0 Å². The molecule has 1 fully saturated rings. The minimum atomic E-state index is 0.0235. The summed E-state index contributed by atoms with van der Waals surface area (Å²) in [6.45, 7) is 2.60. The van der Waals surface area contributed by atoms with Gasteiger partial charge in [-0.15, -0.1) is 0 Å². The van der Waals surface area contributed by atoms with Crippen molar-refractivity contribution in [2.24, 2.45) is 11.1 Å². The van der Waals surface area contributed by atoms with Crippen LogP contribution in [-0.2, 0) is 4.79 Å². The lowest BCUT2D eigenvalue weighted by molar-refractivity contribution is -0.125. The van der Waals surface area contributed by atoms with E-state index in [1.54, 1.807) is 12.4 Å². The Labute approximate surface area is 108 Å². The second-order valence-electron chi connectivity index (χ2n) is 5.30. The molecule has 0 bridgehead atoms. The van der Waals surface area contributed by atoms with E-state index in [4.69, 9.17) is 5.73 Å². The first kappa shape index (κ1) is 13.0. The van der Waals surface area contributed by atoms with Crippen molar-refractivity contribution in [3.8, 4) is 0 Å². The molecular weight excluding hydrogens is 226 g/mol. The largest absolute Gasteiger partial charge is 0.350 e. The summed E-state index contributed by atoms with van der Waals surface area (Å²) in [4.78, 5) is 16.0. The molecule has 0 aromatic carbocycles. The fourth-order valence-electron chi connectivity index (χ4n) is 2.50. The Morgan fingerprint density at radius 2 is 2.17 bits per heavy atom. The minimum Gasteiger partial charge on any atom is -0.350 e. The van der Waals surface area contributed by atoms with Crippen LogP contribution in [0.25, 0.3) is 0 Å². The van der Waals surface area contributed by atoms with Gasteiger partial charge >= 0.3 is 0 Å². The molecule has 0 spiro atoms. The van der Waals surface area contributed by atoms with Gasteiger partial charge in [0.05, 0.1) is 6.04 Å². The van der Waals surface area contributed by atoms with Gasteiger partial charge in [0.25, 0.3) is 0 Å². The lowest BCUT2D eigenvalue weighted by Gasteiger charge is -2.40. The van der Waals surface area contributed by atoms with E-state index >= 15 is 0 Å². The predicted molar refractivity (Wildman–Crippen MR) is 70.8 cm³/mol. The van der Waals surface area contributed by atoms with Crippen LogP contribution >= 0.6 is 0 Å². The first-order valence-corrected chi connectivity index (χ1v) is 6.55. The average Bonchev–Trinajstić information content (AvgIpc) is 2.35. The molecule has 4 heteroatoms. The van der Waals surface area contributed by atoms with Crippen molar-refractivity contribution in [1.82, 2.24) is 10.3 Å². The summed E-state index contributed by atoms with van der Waals surface area (Å²) < 4.78 is 0. The highest BCUT2D eigenvalue weighted by Crippen LogP contribution is 2.42. The number of rotatable bonds is 5. The molecule has 1 saturated carbocycles. The predicted octanol–water partition coefficient (Wildman–Crippen LogP) is 1.78. The molecule has 0 aliphatic heterocycles. The van der Waals surface area contributed by atoms with Gasteiger partial charge < -0.3 is 11.1 Å². The molecular formula is C14H21N3O. The van der Waals surface area contributed by atoms with E-state index in [1.165, 1.54) is 6.42 Å². The number of nitrogens with two attached hydrogens (primary N) is 1. The maximum Gasteiger partial charge on any atom is 0.221 e. The zero-order valence-electron chi connectivity index (χ0n) is 10.9. The van der Waals surface area contributed by atoms with Crippen LogP contribution in [0.4, 0.5) is 0 Å². The summed E-state index contributed by atoms with van der Waals surface area (Å²) in [6.07, 6.45) is 7.40. The lowest BCUT2D eigenvalue weighted by Crippen LogP contribution is -2.42. The number of pyridine rings is 1. The van der Waals surface area contributed by atoms with Crippen LogP contribution < -0.4 is 11.1 Å². The zero-order chi connectivity index (χ0) is 13.0. The number of nitrogens with one attached hydrogen (secondary N) is 1. The van der Waals surface area contributed by atoms with Gasteiger partial charge in [-0.25, -0.2) is 0 Å². The van der Waals surface area contributed by atoms with Crippen LogP contribution in [0.15, 0.2) is 24.5 Å². The van der Waals surface area contributed by atoms with E-state index in [0.29, 0.717) is 13.0 Å². The van der Waals surface area contributed by atoms with Gasteiger partial charge in [-0.3, -0.25) is 9.78 Å². The van der Waals surface area contributed by atoms with E-state index in [9.17, 15) is 4.79 Å². The number of carbonyl (C=O) groups excluding carboxylic acids is 1. The van der Waals surface area contributed by atoms with E-state index in [-0.39, 0.29) is 17.4 Å². The van der Waals surface area contributed by atoms with E-state index < -0.39 is 0 Å². The molecule has 0 saturated heterocycles. The molecule has 1 aromatic rings. The monoisotopic (exact) mass is 247 g/mol. The molecule has 3 N–H and O–H groups in total. The second kappa shape index (κ2) is 5.48. The molecule has 18 heavy (non-hydrogen) atoms. The van der Waals surface area contributed by atoms with Crippen molar-refractivity contribution in [3.05, 3.63) is 30.1 Å². The number of carbonyl (C=O) groups is 1. The van der Waals surface area contributed by atoms with Crippen molar-refractivity contribution in [2.75, 3.05) is 6.54 Å². The molecule has 1 aliphatic carbocycles. The van der Waals surface area contributed by atoms with Gasteiger partial charge in [-0.2, -0.15) is 0 Å². The summed E-state index contributed by atoms with van der Waals surface area (Å²) in [5.41, 5.74) is 6.92. The van der Waals surface area contributed by atoms with E-state index in [1.807, 2.05) is 19.1 Å². The fraction of sp³-hybridized carbons (Fsp3) is 0.571. The number of aromatic nitrogens is 1. The number of hydrogen-bond acceptors (Lipinski definition) is 3. The average molecular weight is 247 g/mol. The van der Waals surface area contributed by atoms with Crippen molar-refractivity contribution in [1.29, 1.82) is 0 Å². The molecule has 1 atom stereocenters. The summed E-state index contributed by atoms with van der Waals surface area (Å²) in [6, 6.07) is 3.87. The Bertz CT molecular complexity index is 395. The van der Waals surface area contributed by atoms with E-state index in [0.717, 1.165) is 18.4 Å². The third-order valence-electron chi connectivity index (χ3n) is 3.97. The van der Waals surface area contributed by atoms with Crippen LogP contribution in [0.2, 0.25) is 0 Å². The number of amides is 1. The molecule has 0 radical (unpaired) electrons. The third kappa shape index (κ3) is 2.88. The van der Waals surface area contributed by atoms with Crippen molar-refractivity contribution < 1.29 is 4.79 Å². The molecule has 98 valence electrons. The molecule has 1 aliphatic rings. The number of nitrogens with zero attached hydrogens (tertiary/aromatic N) is 1. The zero-order valence-corrected chi connectivity index (χ0v) is 10.9. The van der Waals surface area contributed by atoms with Crippen molar-refractivity contribution in [3.63, 3.8) is 0 Å². The highest BCUT2D eigenvalue weighted by atomic mass is 16.1. The van der Waals surface area contributed by atoms with E-state index in [2.05, 4.69) is 10.3 Å². The summed E-state index contributed by atoms with van der Waals surface area (Å²) in [7, 11) is 0. The van der Waals surface area contributed by atoms with Gasteiger partial charge in [0.1, 0.15) is 0 Å². The fourth-order valence-corrected chi connectivity index (χ4v) is 2.50. The molecule has 1 heterocycles. The molecule has 2 rings (SSSR count). The van der Waals surface area contributed by atoms with Crippen LogP contribution in [0, 0.1) is 5.41 Å². The molecule has 0 unspecified atom stereocenters. The topological polar surface area (TPSA) is 68.0 Å². The van der Waals surface area contributed by atoms with Gasteiger partial charge in [-0.1, -0.05) is 6.42 Å². The van der Waals surface area contributed by atoms with Gasteiger partial charge in [0, 0.05) is 18.8 Å². The third-order valence-corrected chi connectivity index (χ3v) is 3.97. The summed E-state index contributed by atoms with van der Waals surface area (Å²) in [5, 5.41) is 3.03. The first-order chi connectivity index (χ1) is 8.65. The van der Waals surface area contributed by atoms with Crippen LogP contribution in [0.3, 0.4) is 0 Å². The van der Waals surface area contributed by atoms with Crippen LogP contribution in [0.5, 0.6) is 0 Å². The van der Waals surface area contributed by atoms with Crippen molar-refractivity contribution >= 4 is 5.91 Å². The normalized spacial score (nSPS) is 18.8. The van der Waals surface area contributed by atoms with Crippen LogP contribution in [0.1, 0.15) is 44.2 Å². The Kier molecular flexibility index (Phi) is 3.97. The maximum atomic E-state index is 12.0. The Hall–Kier alpha value is -1.42. The summed E-state index contributed by atoms with van der Waals surface area (Å²) in [5.74, 6) is 0.101. The molecule has 1 amide bonds. The molecule has 4 nitrogen and oxygen atoms in total.